The molecule has 280 valence electrons. The van der Waals surface area contributed by atoms with Crippen molar-refractivity contribution in [1.82, 2.24) is 14.5 Å². The lowest BCUT2D eigenvalue weighted by Gasteiger charge is -2.24. The summed E-state index contributed by atoms with van der Waals surface area (Å²) in [5.74, 6) is 2.79. The number of benzene rings is 5. The Morgan fingerprint density at radius 1 is 0.607 bits per heavy atom. The topological polar surface area (TPSA) is 43.9 Å². The fraction of sp³-hybridized carbons (Fsp3) is 0.308. The molecule has 0 radical (unpaired) electrons. The van der Waals surface area contributed by atoms with Crippen LogP contribution in [0.4, 0.5) is 0 Å². The third-order valence-electron chi connectivity index (χ3n) is 12.9. The van der Waals surface area contributed by atoms with E-state index in [1.165, 1.54) is 96.0 Å². The number of nitrogens with zero attached hydrogens (tertiary/aromatic N) is 3. The summed E-state index contributed by atoms with van der Waals surface area (Å²) in [7, 11) is 0. The Morgan fingerprint density at radius 3 is 1.91 bits per heavy atom. The molecule has 0 unspecified atom stereocenters. The quantitative estimate of drug-likeness (QED) is 0.156. The van der Waals surface area contributed by atoms with Gasteiger partial charge in [0.1, 0.15) is 17.0 Å². The monoisotopic (exact) mass is 733 g/mol. The fourth-order valence-electron chi connectivity index (χ4n) is 9.89. The summed E-state index contributed by atoms with van der Waals surface area (Å²) in [6.07, 6.45) is 12.6. The molecular formula is C52H51N3O. The van der Waals surface area contributed by atoms with Gasteiger partial charge in [0.25, 0.3) is 0 Å². The van der Waals surface area contributed by atoms with Crippen LogP contribution in [0.2, 0.25) is 0 Å². The van der Waals surface area contributed by atoms with E-state index in [9.17, 15) is 0 Å². The number of pyridine rings is 1. The minimum atomic E-state index is 0.285. The second-order valence-electron chi connectivity index (χ2n) is 17.1. The number of hydrogen-bond donors (Lipinski definition) is 0. The van der Waals surface area contributed by atoms with Crippen LogP contribution in [-0.2, 0) is 0 Å². The second kappa shape index (κ2) is 14.2. The third-order valence-corrected chi connectivity index (χ3v) is 12.9. The van der Waals surface area contributed by atoms with Crippen LogP contribution in [0.15, 0.2) is 120 Å². The Labute approximate surface area is 330 Å². The van der Waals surface area contributed by atoms with Crippen molar-refractivity contribution in [3.63, 3.8) is 0 Å². The van der Waals surface area contributed by atoms with Gasteiger partial charge in [0, 0.05) is 28.6 Å². The summed E-state index contributed by atoms with van der Waals surface area (Å²) in [5.41, 5.74) is 16.3. The predicted octanol–water partition coefficient (Wildman–Crippen LogP) is 14.9. The lowest BCUT2D eigenvalue weighted by molar-refractivity contribution is 0.669. The van der Waals surface area contributed by atoms with Gasteiger partial charge in [0.2, 0.25) is 0 Å². The smallest absolute Gasteiger partial charge is 0.149 e. The van der Waals surface area contributed by atoms with E-state index in [0.717, 1.165) is 50.1 Å². The van der Waals surface area contributed by atoms with Crippen LogP contribution < -0.4 is 0 Å². The molecule has 0 atom stereocenters. The van der Waals surface area contributed by atoms with Crippen LogP contribution in [0.5, 0.6) is 0 Å². The molecule has 8 aromatic rings. The largest absolute Gasteiger partial charge is 0.455 e. The molecule has 0 amide bonds. The Kier molecular flexibility index (Phi) is 8.88. The van der Waals surface area contributed by atoms with Crippen LogP contribution in [0.25, 0.3) is 72.4 Å². The summed E-state index contributed by atoms with van der Waals surface area (Å²) in [4.78, 5) is 10.6. The van der Waals surface area contributed by atoms with Crippen LogP contribution in [0.1, 0.15) is 125 Å². The molecular weight excluding hydrogens is 683 g/mol. The highest BCUT2D eigenvalue weighted by Gasteiger charge is 2.27. The first-order chi connectivity index (χ1) is 27.4. The average molecular weight is 734 g/mol. The van der Waals surface area contributed by atoms with Gasteiger partial charge in [-0.05, 0) is 125 Å². The minimum absolute atomic E-state index is 0.285. The number of fused-ring (bicyclic) bond motifs is 4. The lowest BCUT2D eigenvalue weighted by Crippen LogP contribution is -2.09. The second-order valence-corrected chi connectivity index (χ2v) is 17.1. The van der Waals surface area contributed by atoms with Crippen LogP contribution in [-0.4, -0.2) is 14.5 Å². The van der Waals surface area contributed by atoms with Crippen molar-refractivity contribution >= 4 is 33.0 Å². The van der Waals surface area contributed by atoms with Crippen molar-refractivity contribution in [2.75, 3.05) is 0 Å². The Morgan fingerprint density at radius 2 is 1.25 bits per heavy atom. The molecule has 0 aliphatic heterocycles. The van der Waals surface area contributed by atoms with Gasteiger partial charge in [-0.25, -0.2) is 4.98 Å². The number of furan rings is 1. The summed E-state index contributed by atoms with van der Waals surface area (Å²) in [6.45, 7) is 9.23. The first-order valence-corrected chi connectivity index (χ1v) is 21.1. The molecule has 4 nitrogen and oxygen atoms in total. The molecule has 2 fully saturated rings. The zero-order valence-corrected chi connectivity index (χ0v) is 33.2. The maximum atomic E-state index is 6.99. The van der Waals surface area contributed by atoms with E-state index in [2.05, 4.69) is 141 Å². The van der Waals surface area contributed by atoms with E-state index < -0.39 is 0 Å². The highest BCUT2D eigenvalue weighted by atomic mass is 16.3. The van der Waals surface area contributed by atoms with Crippen molar-refractivity contribution in [3.05, 3.63) is 138 Å². The number of para-hydroxylation sites is 3. The van der Waals surface area contributed by atoms with Crippen molar-refractivity contribution < 1.29 is 4.42 Å². The van der Waals surface area contributed by atoms with E-state index in [0.29, 0.717) is 11.8 Å². The number of hydrogen-bond acceptors (Lipinski definition) is 3. The van der Waals surface area contributed by atoms with Crippen LogP contribution in [0.3, 0.4) is 0 Å². The Hall–Kier alpha value is -5.48. The van der Waals surface area contributed by atoms with Gasteiger partial charge in [-0.1, -0.05) is 114 Å². The van der Waals surface area contributed by atoms with Crippen molar-refractivity contribution in [2.45, 2.75) is 103 Å². The van der Waals surface area contributed by atoms with Gasteiger partial charge in [-0.2, -0.15) is 0 Å². The van der Waals surface area contributed by atoms with E-state index in [4.69, 9.17) is 14.4 Å². The third kappa shape index (κ3) is 6.05. The van der Waals surface area contributed by atoms with Gasteiger partial charge in [-0.3, -0.25) is 9.55 Å². The van der Waals surface area contributed by atoms with Crippen molar-refractivity contribution in [2.24, 2.45) is 0 Å². The highest BCUT2D eigenvalue weighted by Crippen LogP contribution is 2.44. The van der Waals surface area contributed by atoms with E-state index in [1.807, 2.05) is 6.20 Å². The van der Waals surface area contributed by atoms with Crippen molar-refractivity contribution in [1.29, 1.82) is 0 Å². The molecule has 10 rings (SSSR count). The van der Waals surface area contributed by atoms with Gasteiger partial charge in [0.15, 0.2) is 0 Å². The standard InChI is InChI=1S/C52H51N3O/c1-32(2)43-28-39(36-15-6-5-7-16-36)29-44(33(3)4)50(43)55-48-24-13-12-23-46(48)54-52(55)42-22-14-21-41-45-31-53-47(30-49(45)56-51(41)42)40-26-37(34-17-8-9-18-34)25-38(27-40)35-19-10-11-20-35/h5-7,12-16,21-35H,8-11,17-20H2,1-4H3. The number of aromatic nitrogens is 3. The van der Waals surface area contributed by atoms with E-state index in [1.54, 1.807) is 0 Å². The molecule has 56 heavy (non-hydrogen) atoms. The molecule has 5 aromatic carbocycles. The summed E-state index contributed by atoms with van der Waals surface area (Å²) in [6, 6.07) is 40.2. The Bertz CT molecular complexity index is 2660. The zero-order chi connectivity index (χ0) is 37.9. The molecule has 0 N–H and O–H groups in total. The van der Waals surface area contributed by atoms with Crippen LogP contribution in [0, 0.1) is 0 Å². The van der Waals surface area contributed by atoms with E-state index >= 15 is 0 Å². The number of imidazole rings is 1. The first kappa shape index (κ1) is 35.0. The molecule has 2 aliphatic rings. The summed E-state index contributed by atoms with van der Waals surface area (Å²) < 4.78 is 9.40. The maximum Gasteiger partial charge on any atom is 0.149 e. The molecule has 3 heterocycles. The molecule has 2 aliphatic carbocycles. The minimum Gasteiger partial charge on any atom is -0.455 e. The average Bonchev–Trinajstić information content (AvgIpc) is 4.07. The normalized spacial score (nSPS) is 15.5. The highest BCUT2D eigenvalue weighted by molar-refractivity contribution is 6.10. The molecule has 2 saturated carbocycles. The maximum absolute atomic E-state index is 6.99. The van der Waals surface area contributed by atoms with E-state index in [-0.39, 0.29) is 11.8 Å². The van der Waals surface area contributed by atoms with Crippen molar-refractivity contribution in [3.8, 4) is 39.5 Å². The fourth-order valence-corrected chi connectivity index (χ4v) is 9.89. The van der Waals surface area contributed by atoms with Gasteiger partial charge < -0.3 is 4.42 Å². The van der Waals surface area contributed by atoms with Gasteiger partial charge in [-0.15, -0.1) is 0 Å². The summed E-state index contributed by atoms with van der Waals surface area (Å²) >= 11 is 0. The summed E-state index contributed by atoms with van der Waals surface area (Å²) in [5, 5.41) is 2.10. The molecule has 0 spiro atoms. The van der Waals surface area contributed by atoms with Gasteiger partial charge in [0.05, 0.1) is 28.0 Å². The number of rotatable bonds is 8. The Balaban J connectivity index is 1.16. The lowest BCUT2D eigenvalue weighted by atomic mass is 9.88. The molecule has 0 bridgehead atoms. The predicted molar refractivity (Wildman–Crippen MR) is 233 cm³/mol. The SMILES string of the molecule is CC(C)c1cc(-c2ccccc2)cc(C(C)C)c1-n1c(-c2cccc3c2oc2cc(-c4cc(C5CCCC5)cc(C5CCCC5)c4)ncc23)nc2ccccc21. The zero-order valence-electron chi connectivity index (χ0n) is 33.2. The molecule has 4 heteroatoms. The molecule has 0 saturated heterocycles. The van der Waals surface area contributed by atoms with Gasteiger partial charge >= 0.3 is 0 Å². The van der Waals surface area contributed by atoms with Crippen LogP contribution >= 0.6 is 0 Å². The molecule has 3 aromatic heterocycles. The first-order valence-electron chi connectivity index (χ1n) is 21.1.